The average Bonchev–Trinajstić information content (AvgIpc) is 2.88. The van der Waals surface area contributed by atoms with Crippen molar-refractivity contribution in [2.75, 3.05) is 0 Å². The van der Waals surface area contributed by atoms with E-state index in [1.807, 2.05) is 18.2 Å². The molecule has 16 heavy (non-hydrogen) atoms. The highest BCUT2D eigenvalue weighted by molar-refractivity contribution is 5.39. The molecule has 4 nitrogen and oxygen atoms in total. The van der Waals surface area contributed by atoms with Gasteiger partial charge in [0, 0.05) is 24.4 Å². The summed E-state index contributed by atoms with van der Waals surface area (Å²) in [6.45, 7) is 0. The fourth-order valence-corrected chi connectivity index (χ4v) is 1.78. The highest BCUT2D eigenvalue weighted by Gasteiger charge is 2.03. The van der Waals surface area contributed by atoms with Crippen LogP contribution in [0.25, 0.3) is 5.65 Å². The molecule has 0 radical (unpaired) electrons. The predicted molar refractivity (Wildman–Crippen MR) is 59.5 cm³/mol. The minimum absolute atomic E-state index is 0.0283. The van der Waals surface area contributed by atoms with Crippen molar-refractivity contribution in [1.29, 1.82) is 0 Å². The van der Waals surface area contributed by atoms with Crippen LogP contribution in [0, 0.1) is 0 Å². The molecule has 3 aromatic rings. The molecule has 0 saturated heterocycles. The number of nitrogens with zero attached hydrogens (tertiary/aromatic N) is 1. The van der Waals surface area contributed by atoms with Crippen LogP contribution in [0.15, 0.2) is 52.0 Å². The minimum Gasteiger partial charge on any atom is -0.469 e. The van der Waals surface area contributed by atoms with Crippen LogP contribution in [0.4, 0.5) is 0 Å². The van der Waals surface area contributed by atoms with E-state index in [0.29, 0.717) is 6.42 Å². The summed E-state index contributed by atoms with van der Waals surface area (Å²) in [6.07, 6.45) is 4.11. The Balaban J connectivity index is 2.06. The number of imidazole rings is 1. The standard InChI is InChI=1S/C12H10N2O2/c15-12-5-1-4-11-13-9(8-14(11)12)7-10-3-2-6-16-10/h1-6,8,13H,7H2. The van der Waals surface area contributed by atoms with E-state index in [1.165, 1.54) is 6.07 Å². The van der Waals surface area contributed by atoms with E-state index in [-0.39, 0.29) is 5.56 Å². The molecule has 0 aliphatic heterocycles. The number of aromatic nitrogens is 2. The lowest BCUT2D eigenvalue weighted by atomic mass is 10.3. The van der Waals surface area contributed by atoms with Crippen molar-refractivity contribution in [2.45, 2.75) is 6.42 Å². The maximum atomic E-state index is 11.5. The Morgan fingerprint density at radius 2 is 2.19 bits per heavy atom. The summed E-state index contributed by atoms with van der Waals surface area (Å²) >= 11 is 0. The highest BCUT2D eigenvalue weighted by atomic mass is 16.3. The van der Waals surface area contributed by atoms with Gasteiger partial charge in [0.15, 0.2) is 0 Å². The molecule has 1 N–H and O–H groups in total. The van der Waals surface area contributed by atoms with Gasteiger partial charge in [0.1, 0.15) is 11.4 Å². The van der Waals surface area contributed by atoms with Crippen LogP contribution < -0.4 is 5.56 Å². The fourth-order valence-electron chi connectivity index (χ4n) is 1.78. The topological polar surface area (TPSA) is 50.4 Å². The lowest BCUT2D eigenvalue weighted by Crippen LogP contribution is -2.08. The van der Waals surface area contributed by atoms with Crippen LogP contribution in [0.2, 0.25) is 0 Å². The zero-order chi connectivity index (χ0) is 11.0. The SMILES string of the molecule is O=c1cccc2[nH]c(Cc3ccco3)cn12. The van der Waals surface area contributed by atoms with E-state index in [1.54, 1.807) is 22.9 Å². The Kier molecular flexibility index (Phi) is 1.93. The maximum absolute atomic E-state index is 11.5. The van der Waals surface area contributed by atoms with Gasteiger partial charge in [0.25, 0.3) is 5.56 Å². The van der Waals surface area contributed by atoms with Gasteiger partial charge in [-0.1, -0.05) is 6.07 Å². The first kappa shape index (κ1) is 9.03. The maximum Gasteiger partial charge on any atom is 0.256 e. The number of aromatic amines is 1. The molecule has 0 unspecified atom stereocenters. The summed E-state index contributed by atoms with van der Waals surface area (Å²) in [5.41, 5.74) is 1.73. The van der Waals surface area contributed by atoms with Gasteiger partial charge in [-0.3, -0.25) is 9.20 Å². The lowest BCUT2D eigenvalue weighted by molar-refractivity contribution is 0.519. The summed E-state index contributed by atoms with van der Waals surface area (Å²) in [7, 11) is 0. The van der Waals surface area contributed by atoms with Crippen molar-refractivity contribution in [3.05, 3.63) is 64.6 Å². The average molecular weight is 214 g/mol. The second kappa shape index (κ2) is 3.41. The zero-order valence-electron chi connectivity index (χ0n) is 8.51. The number of nitrogens with one attached hydrogen (secondary N) is 1. The minimum atomic E-state index is -0.0283. The number of pyridine rings is 1. The van der Waals surface area contributed by atoms with Gasteiger partial charge in [-0.2, -0.15) is 0 Å². The number of hydrogen-bond donors (Lipinski definition) is 1. The molecular formula is C12H10N2O2. The summed E-state index contributed by atoms with van der Waals surface area (Å²) in [5, 5.41) is 0. The summed E-state index contributed by atoms with van der Waals surface area (Å²) in [4.78, 5) is 14.7. The second-order valence-corrected chi connectivity index (χ2v) is 3.65. The largest absolute Gasteiger partial charge is 0.469 e. The Morgan fingerprint density at radius 3 is 2.94 bits per heavy atom. The van der Waals surface area contributed by atoms with Crippen LogP contribution in [0.5, 0.6) is 0 Å². The molecular weight excluding hydrogens is 204 g/mol. The van der Waals surface area contributed by atoms with Gasteiger partial charge in [-0.25, -0.2) is 0 Å². The monoisotopic (exact) mass is 214 g/mol. The molecule has 0 amide bonds. The van der Waals surface area contributed by atoms with Gasteiger partial charge in [-0.15, -0.1) is 0 Å². The van der Waals surface area contributed by atoms with E-state index in [2.05, 4.69) is 4.98 Å². The van der Waals surface area contributed by atoms with Crippen LogP contribution in [0.1, 0.15) is 11.5 Å². The molecule has 0 saturated carbocycles. The molecule has 3 aromatic heterocycles. The summed E-state index contributed by atoms with van der Waals surface area (Å²) in [5.74, 6) is 0.875. The second-order valence-electron chi connectivity index (χ2n) is 3.65. The van der Waals surface area contributed by atoms with E-state index < -0.39 is 0 Å². The first-order valence-electron chi connectivity index (χ1n) is 5.04. The highest BCUT2D eigenvalue weighted by Crippen LogP contribution is 2.09. The van der Waals surface area contributed by atoms with E-state index >= 15 is 0 Å². The number of H-pyrrole nitrogens is 1. The Bertz CT molecular complexity index is 662. The summed E-state index contributed by atoms with van der Waals surface area (Å²) < 4.78 is 6.85. The van der Waals surface area contributed by atoms with E-state index in [4.69, 9.17) is 4.42 Å². The van der Waals surface area contributed by atoms with Crippen molar-refractivity contribution >= 4 is 5.65 Å². The van der Waals surface area contributed by atoms with Crippen LogP contribution >= 0.6 is 0 Å². The molecule has 0 aliphatic carbocycles. The van der Waals surface area contributed by atoms with Crippen molar-refractivity contribution in [2.24, 2.45) is 0 Å². The molecule has 0 atom stereocenters. The smallest absolute Gasteiger partial charge is 0.256 e. The first-order valence-corrected chi connectivity index (χ1v) is 5.04. The van der Waals surface area contributed by atoms with Gasteiger partial charge >= 0.3 is 0 Å². The van der Waals surface area contributed by atoms with E-state index in [9.17, 15) is 4.79 Å². The Hall–Kier alpha value is -2.23. The van der Waals surface area contributed by atoms with Crippen molar-refractivity contribution in [1.82, 2.24) is 9.38 Å². The third-order valence-corrected chi connectivity index (χ3v) is 2.51. The molecule has 0 bridgehead atoms. The normalized spacial score (nSPS) is 11.0. The molecule has 0 spiro atoms. The quantitative estimate of drug-likeness (QED) is 0.707. The van der Waals surface area contributed by atoms with Crippen molar-refractivity contribution in [3.8, 4) is 0 Å². The predicted octanol–water partition coefficient (Wildman–Crippen LogP) is 1.81. The Morgan fingerprint density at radius 1 is 1.25 bits per heavy atom. The molecule has 3 heterocycles. The van der Waals surface area contributed by atoms with Crippen LogP contribution in [-0.4, -0.2) is 9.38 Å². The van der Waals surface area contributed by atoms with Gasteiger partial charge in [0.05, 0.1) is 6.26 Å². The molecule has 0 aliphatic rings. The number of hydrogen-bond acceptors (Lipinski definition) is 2. The molecule has 0 aromatic carbocycles. The summed E-state index contributed by atoms with van der Waals surface area (Å²) in [6, 6.07) is 8.91. The molecule has 3 rings (SSSR count). The third kappa shape index (κ3) is 1.44. The van der Waals surface area contributed by atoms with Gasteiger partial charge in [-0.05, 0) is 18.2 Å². The third-order valence-electron chi connectivity index (χ3n) is 2.51. The van der Waals surface area contributed by atoms with Crippen LogP contribution in [-0.2, 0) is 6.42 Å². The van der Waals surface area contributed by atoms with Crippen molar-refractivity contribution < 1.29 is 4.42 Å². The van der Waals surface area contributed by atoms with Gasteiger partial charge in [0.2, 0.25) is 0 Å². The Labute approximate surface area is 91.1 Å². The zero-order valence-corrected chi connectivity index (χ0v) is 8.51. The molecule has 4 heteroatoms. The number of furan rings is 1. The first-order chi connectivity index (χ1) is 7.83. The number of rotatable bonds is 2. The number of fused-ring (bicyclic) bond motifs is 1. The molecule has 0 fully saturated rings. The van der Waals surface area contributed by atoms with E-state index in [0.717, 1.165) is 17.1 Å². The molecule has 80 valence electrons. The van der Waals surface area contributed by atoms with Gasteiger partial charge < -0.3 is 9.40 Å². The lowest BCUT2D eigenvalue weighted by Gasteiger charge is -1.90. The fraction of sp³-hybridized carbons (Fsp3) is 0.0833. The van der Waals surface area contributed by atoms with Crippen LogP contribution in [0.3, 0.4) is 0 Å². The van der Waals surface area contributed by atoms with Crippen molar-refractivity contribution in [3.63, 3.8) is 0 Å².